The minimum atomic E-state index is -0.321. The summed E-state index contributed by atoms with van der Waals surface area (Å²) in [5, 5.41) is 7.45. The van der Waals surface area contributed by atoms with Gasteiger partial charge >= 0.3 is 7.12 Å². The fourth-order valence-electron chi connectivity index (χ4n) is 4.66. The van der Waals surface area contributed by atoms with Crippen molar-refractivity contribution < 1.29 is 14.0 Å². The van der Waals surface area contributed by atoms with Gasteiger partial charge in [0, 0.05) is 25.2 Å². The van der Waals surface area contributed by atoms with Gasteiger partial charge < -0.3 is 14.0 Å². The van der Waals surface area contributed by atoms with Crippen molar-refractivity contribution in [1.82, 2.24) is 5.01 Å². The van der Waals surface area contributed by atoms with Crippen molar-refractivity contribution in [2.24, 2.45) is 22.9 Å². The Morgan fingerprint density at radius 3 is 2.30 bits per heavy atom. The number of nitrogens with zero attached hydrogens (tertiary/aromatic N) is 2. The molecule has 0 spiro atoms. The first-order chi connectivity index (χ1) is 13.9. The molecular formula is C24H45BN2O3. The molecule has 0 N–H and O–H groups in total. The summed E-state index contributed by atoms with van der Waals surface area (Å²) in [4.78, 5) is 0. The summed E-state index contributed by atoms with van der Waals surface area (Å²) in [5.74, 6) is 1.28. The van der Waals surface area contributed by atoms with Crippen molar-refractivity contribution in [2.45, 2.75) is 97.7 Å². The zero-order chi connectivity index (χ0) is 22.7. The average molecular weight is 420 g/mol. The normalized spacial score (nSPS) is 26.9. The third kappa shape index (κ3) is 5.49. The van der Waals surface area contributed by atoms with E-state index in [-0.39, 0.29) is 24.1 Å². The molecule has 5 nitrogen and oxygen atoms in total. The van der Waals surface area contributed by atoms with E-state index in [1.165, 1.54) is 12.1 Å². The smallest absolute Gasteiger partial charge is 0.403 e. The minimum absolute atomic E-state index is 0.230. The van der Waals surface area contributed by atoms with Crippen LogP contribution in [0.15, 0.2) is 17.8 Å². The summed E-state index contributed by atoms with van der Waals surface area (Å²) in [6.07, 6.45) is 5.20. The van der Waals surface area contributed by atoms with Crippen LogP contribution in [0.4, 0.5) is 0 Å². The molecule has 2 fully saturated rings. The summed E-state index contributed by atoms with van der Waals surface area (Å²) in [6, 6.07) is 0.387. The second-order valence-electron chi connectivity index (χ2n) is 10.6. The summed E-state index contributed by atoms with van der Waals surface area (Å²) < 4.78 is 18.3. The molecule has 0 radical (unpaired) electrons. The van der Waals surface area contributed by atoms with Crippen molar-refractivity contribution >= 4 is 12.8 Å². The van der Waals surface area contributed by atoms with Gasteiger partial charge in [-0.05, 0) is 64.7 Å². The van der Waals surface area contributed by atoms with Crippen LogP contribution in [0.5, 0.6) is 0 Å². The van der Waals surface area contributed by atoms with E-state index < -0.39 is 0 Å². The molecule has 2 saturated heterocycles. The van der Waals surface area contributed by atoms with E-state index in [1.54, 1.807) is 7.11 Å². The van der Waals surface area contributed by atoms with Crippen LogP contribution in [0.2, 0.25) is 5.82 Å². The maximum atomic E-state index is 6.44. The average Bonchev–Trinajstić information content (AvgIpc) is 3.17. The maximum Gasteiger partial charge on any atom is 0.461 e. The molecule has 6 heteroatoms. The topological polar surface area (TPSA) is 43.3 Å². The summed E-state index contributed by atoms with van der Waals surface area (Å²) >= 11 is 0. The predicted octanol–water partition coefficient (Wildman–Crippen LogP) is 5.42. The number of allylic oxidation sites excluding steroid dienone is 1. The fraction of sp³-hybridized carbons (Fsp3) is 0.875. The van der Waals surface area contributed by atoms with Gasteiger partial charge in [-0.25, -0.2) is 0 Å². The SMILES string of the molecule is C=CC[C@H](B1OC(C)(C)C(C)(C)O1)[C@@H](C)[C@@H](C)/C(=N/N1CCC[C@H]1COC)C(C)C. The largest absolute Gasteiger partial charge is 0.461 e. The molecule has 2 heterocycles. The van der Waals surface area contributed by atoms with Crippen molar-refractivity contribution in [1.29, 1.82) is 0 Å². The van der Waals surface area contributed by atoms with Gasteiger partial charge in [-0.1, -0.05) is 33.8 Å². The highest BCUT2D eigenvalue weighted by Crippen LogP contribution is 2.45. The van der Waals surface area contributed by atoms with Crippen LogP contribution in [0.3, 0.4) is 0 Å². The number of hydrogen-bond acceptors (Lipinski definition) is 5. The lowest BCUT2D eigenvalue weighted by atomic mass is 9.60. The first kappa shape index (κ1) is 25.4. The molecule has 0 unspecified atom stereocenters. The number of methoxy groups -OCH3 is 1. The van der Waals surface area contributed by atoms with Gasteiger partial charge in [0.1, 0.15) is 0 Å². The Balaban J connectivity index is 2.24. The van der Waals surface area contributed by atoms with Gasteiger partial charge in [-0.15, -0.1) is 6.58 Å². The molecule has 0 aliphatic carbocycles. The zero-order valence-corrected chi connectivity index (χ0v) is 20.9. The molecule has 4 atom stereocenters. The van der Waals surface area contributed by atoms with E-state index >= 15 is 0 Å². The van der Waals surface area contributed by atoms with E-state index in [0.29, 0.717) is 23.8 Å². The standard InChI is InChI=1S/C24H45BN2O3/c1-11-13-21(25-29-23(6,7)24(8,9)30-25)18(4)19(5)22(17(2)3)26-27-15-12-14-20(27)16-28-10/h11,17-21H,1,12-16H2,2-10H3/b26-22+/t18-,19+,20-,21-/m0/s1. The summed E-state index contributed by atoms with van der Waals surface area (Å²) in [7, 11) is 1.55. The first-order valence-corrected chi connectivity index (χ1v) is 11.8. The summed E-state index contributed by atoms with van der Waals surface area (Å²) in [5.41, 5.74) is 0.617. The molecule has 2 rings (SSSR count). The highest BCUT2D eigenvalue weighted by molar-refractivity contribution is 6.47. The Morgan fingerprint density at radius 2 is 1.80 bits per heavy atom. The second-order valence-corrected chi connectivity index (χ2v) is 10.6. The predicted molar refractivity (Wildman–Crippen MR) is 127 cm³/mol. The highest BCUT2D eigenvalue weighted by Gasteiger charge is 2.54. The molecule has 0 saturated carbocycles. The molecule has 0 aromatic heterocycles. The van der Waals surface area contributed by atoms with E-state index in [2.05, 4.69) is 67.0 Å². The molecule has 0 bridgehead atoms. The molecule has 2 aliphatic rings. The van der Waals surface area contributed by atoms with Gasteiger partial charge in [0.15, 0.2) is 0 Å². The van der Waals surface area contributed by atoms with Crippen molar-refractivity contribution in [3.63, 3.8) is 0 Å². The van der Waals surface area contributed by atoms with Gasteiger partial charge in [-0.3, -0.25) is 5.01 Å². The van der Waals surface area contributed by atoms with Gasteiger partial charge in [0.05, 0.1) is 23.9 Å². The highest BCUT2D eigenvalue weighted by atomic mass is 16.7. The lowest BCUT2D eigenvalue weighted by Crippen LogP contribution is -2.41. The number of hydrazone groups is 1. The lowest BCUT2D eigenvalue weighted by Gasteiger charge is -2.33. The van der Waals surface area contributed by atoms with Crippen LogP contribution in [0.25, 0.3) is 0 Å². The molecule has 0 aromatic rings. The van der Waals surface area contributed by atoms with Crippen molar-refractivity contribution in [3.8, 4) is 0 Å². The number of ether oxygens (including phenoxy) is 1. The number of hydrogen-bond donors (Lipinski definition) is 0. The first-order valence-electron chi connectivity index (χ1n) is 11.8. The molecular weight excluding hydrogens is 375 g/mol. The number of rotatable bonds is 10. The summed E-state index contributed by atoms with van der Waals surface area (Å²) in [6.45, 7) is 23.4. The molecule has 2 aliphatic heterocycles. The van der Waals surface area contributed by atoms with E-state index in [1.807, 2.05) is 6.08 Å². The van der Waals surface area contributed by atoms with Crippen LogP contribution >= 0.6 is 0 Å². The Hall–Kier alpha value is -0.845. The van der Waals surface area contributed by atoms with Crippen LogP contribution in [-0.2, 0) is 14.0 Å². The Morgan fingerprint density at radius 1 is 1.20 bits per heavy atom. The van der Waals surface area contributed by atoms with E-state index in [0.717, 1.165) is 26.0 Å². The van der Waals surface area contributed by atoms with Crippen LogP contribution < -0.4 is 0 Å². The van der Waals surface area contributed by atoms with Gasteiger partial charge in [0.2, 0.25) is 0 Å². The Labute approximate surface area is 185 Å². The third-order valence-electron chi connectivity index (χ3n) is 7.53. The molecule has 0 aromatic carbocycles. The monoisotopic (exact) mass is 420 g/mol. The van der Waals surface area contributed by atoms with E-state index in [9.17, 15) is 0 Å². The Bertz CT molecular complexity index is 589. The minimum Gasteiger partial charge on any atom is -0.403 e. The van der Waals surface area contributed by atoms with Gasteiger partial charge in [0.25, 0.3) is 0 Å². The lowest BCUT2D eigenvalue weighted by molar-refractivity contribution is 0.00578. The molecule has 30 heavy (non-hydrogen) atoms. The van der Waals surface area contributed by atoms with Crippen LogP contribution in [0, 0.1) is 17.8 Å². The molecule has 172 valence electrons. The Kier molecular flexibility index (Phi) is 8.63. The van der Waals surface area contributed by atoms with Crippen LogP contribution in [-0.4, -0.2) is 55.3 Å². The fourth-order valence-corrected chi connectivity index (χ4v) is 4.66. The van der Waals surface area contributed by atoms with Crippen LogP contribution in [0.1, 0.15) is 74.7 Å². The van der Waals surface area contributed by atoms with Gasteiger partial charge in [-0.2, -0.15) is 5.10 Å². The van der Waals surface area contributed by atoms with E-state index in [4.69, 9.17) is 19.1 Å². The zero-order valence-electron chi connectivity index (χ0n) is 20.9. The quantitative estimate of drug-likeness (QED) is 0.269. The third-order valence-corrected chi connectivity index (χ3v) is 7.53. The maximum absolute atomic E-state index is 6.44. The second kappa shape index (κ2) is 10.2. The van der Waals surface area contributed by atoms with Crippen molar-refractivity contribution in [3.05, 3.63) is 12.7 Å². The van der Waals surface area contributed by atoms with Crippen molar-refractivity contribution in [2.75, 3.05) is 20.3 Å². The molecule has 0 amide bonds.